The molecule has 0 spiro atoms. The van der Waals surface area contributed by atoms with Crippen LogP contribution >= 0.6 is 0 Å². The topological polar surface area (TPSA) is 41.7 Å². The molecule has 0 amide bonds. The smallest absolute Gasteiger partial charge is 0.0829 e. The number of hydrogen-bond acceptors (Lipinski definition) is 4. The zero-order chi connectivity index (χ0) is 14.5. The van der Waals surface area contributed by atoms with Gasteiger partial charge in [-0.3, -0.25) is 9.80 Å². The molecule has 2 heterocycles. The molecule has 0 saturated carbocycles. The second-order valence-corrected chi connectivity index (χ2v) is 7.16. The van der Waals surface area contributed by atoms with Crippen molar-refractivity contribution in [1.82, 2.24) is 9.80 Å². The number of likely N-dealkylation sites (tertiary alicyclic amines) is 1. The maximum atomic E-state index is 5.99. The third-order valence-corrected chi connectivity index (χ3v) is 4.66. The molecule has 2 aliphatic heterocycles. The lowest BCUT2D eigenvalue weighted by Gasteiger charge is -2.42. The number of nitrogens with two attached hydrogens (primary N) is 1. The zero-order valence-electron chi connectivity index (χ0n) is 13.6. The minimum absolute atomic E-state index is 0.366. The minimum Gasteiger partial charge on any atom is -0.374 e. The Morgan fingerprint density at radius 1 is 1.30 bits per heavy atom. The first-order valence-corrected chi connectivity index (χ1v) is 8.36. The molecule has 3 atom stereocenters. The molecular formula is C16H33N3O. The van der Waals surface area contributed by atoms with Crippen molar-refractivity contribution in [3.05, 3.63) is 0 Å². The van der Waals surface area contributed by atoms with Crippen LogP contribution < -0.4 is 5.73 Å². The number of morpholine rings is 1. The molecule has 0 aromatic heterocycles. The first kappa shape index (κ1) is 16.2. The maximum absolute atomic E-state index is 5.99. The molecule has 118 valence electrons. The molecule has 0 aromatic carbocycles. The van der Waals surface area contributed by atoms with Gasteiger partial charge in [0, 0.05) is 38.8 Å². The van der Waals surface area contributed by atoms with E-state index in [1.165, 1.54) is 25.9 Å². The molecule has 0 aromatic rings. The number of ether oxygens (including phenoxy) is 1. The predicted molar refractivity (Wildman–Crippen MR) is 83.8 cm³/mol. The van der Waals surface area contributed by atoms with Crippen LogP contribution in [0.4, 0.5) is 0 Å². The van der Waals surface area contributed by atoms with Gasteiger partial charge in [0.2, 0.25) is 0 Å². The van der Waals surface area contributed by atoms with Gasteiger partial charge in [-0.05, 0) is 31.2 Å². The van der Waals surface area contributed by atoms with Gasteiger partial charge in [0.1, 0.15) is 0 Å². The van der Waals surface area contributed by atoms with Crippen LogP contribution in [0.2, 0.25) is 0 Å². The Labute approximate surface area is 124 Å². The standard InChI is InChI=1S/C16H33N3O/c1-13(2)10-18-6-7-20-16(11-18)12-19-5-4-14(3)8-15(19)9-17/h13-16H,4-12,17H2,1-3H3. The number of nitrogens with zero attached hydrogens (tertiary/aromatic N) is 2. The summed E-state index contributed by atoms with van der Waals surface area (Å²) in [7, 11) is 0. The van der Waals surface area contributed by atoms with E-state index in [-0.39, 0.29) is 0 Å². The van der Waals surface area contributed by atoms with E-state index in [1.54, 1.807) is 0 Å². The Kier molecular flexibility index (Phi) is 6.27. The number of piperidine rings is 1. The fourth-order valence-electron chi connectivity index (χ4n) is 3.62. The van der Waals surface area contributed by atoms with Crippen LogP contribution in [0.15, 0.2) is 0 Å². The molecule has 2 N–H and O–H groups in total. The maximum Gasteiger partial charge on any atom is 0.0829 e. The summed E-state index contributed by atoms with van der Waals surface area (Å²) in [6.45, 7) is 14.2. The Hall–Kier alpha value is -0.160. The van der Waals surface area contributed by atoms with Crippen molar-refractivity contribution in [2.75, 3.05) is 45.9 Å². The van der Waals surface area contributed by atoms with Crippen LogP contribution in [-0.4, -0.2) is 67.8 Å². The lowest BCUT2D eigenvalue weighted by Crippen LogP contribution is -2.53. The highest BCUT2D eigenvalue weighted by molar-refractivity contribution is 4.84. The molecule has 20 heavy (non-hydrogen) atoms. The van der Waals surface area contributed by atoms with Crippen molar-refractivity contribution in [2.24, 2.45) is 17.6 Å². The van der Waals surface area contributed by atoms with Gasteiger partial charge < -0.3 is 10.5 Å². The van der Waals surface area contributed by atoms with Crippen LogP contribution in [0.1, 0.15) is 33.6 Å². The van der Waals surface area contributed by atoms with Gasteiger partial charge in [0.25, 0.3) is 0 Å². The van der Waals surface area contributed by atoms with Gasteiger partial charge in [-0.25, -0.2) is 0 Å². The van der Waals surface area contributed by atoms with Crippen molar-refractivity contribution >= 4 is 0 Å². The third-order valence-electron chi connectivity index (χ3n) is 4.66. The molecule has 0 radical (unpaired) electrons. The normalized spacial score (nSPS) is 33.8. The van der Waals surface area contributed by atoms with Crippen LogP contribution in [0.5, 0.6) is 0 Å². The van der Waals surface area contributed by atoms with E-state index in [1.807, 2.05) is 0 Å². The summed E-state index contributed by atoms with van der Waals surface area (Å²) in [6.07, 6.45) is 2.92. The van der Waals surface area contributed by atoms with Crippen LogP contribution in [-0.2, 0) is 4.74 Å². The van der Waals surface area contributed by atoms with E-state index in [2.05, 4.69) is 30.6 Å². The van der Waals surface area contributed by atoms with Crippen molar-refractivity contribution < 1.29 is 4.74 Å². The second kappa shape index (κ2) is 7.74. The summed E-state index contributed by atoms with van der Waals surface area (Å²) >= 11 is 0. The van der Waals surface area contributed by atoms with Crippen molar-refractivity contribution in [2.45, 2.75) is 45.8 Å². The summed E-state index contributed by atoms with van der Waals surface area (Å²) in [5.41, 5.74) is 5.96. The first-order valence-electron chi connectivity index (χ1n) is 8.36. The minimum atomic E-state index is 0.366. The summed E-state index contributed by atoms with van der Waals surface area (Å²) in [5, 5.41) is 0. The van der Waals surface area contributed by atoms with Crippen LogP contribution in [0.25, 0.3) is 0 Å². The number of rotatable bonds is 5. The molecule has 0 aliphatic carbocycles. The molecule has 2 saturated heterocycles. The SMILES string of the molecule is CC(C)CN1CCOC(CN2CCC(C)CC2CN)C1. The average Bonchev–Trinajstić information content (AvgIpc) is 2.40. The Bertz CT molecular complexity index is 285. The van der Waals surface area contributed by atoms with Gasteiger partial charge in [-0.2, -0.15) is 0 Å². The average molecular weight is 283 g/mol. The molecule has 2 aliphatic rings. The summed E-state index contributed by atoms with van der Waals surface area (Å²) in [6, 6.07) is 0.558. The number of hydrogen-bond donors (Lipinski definition) is 1. The highest BCUT2D eigenvalue weighted by Crippen LogP contribution is 2.23. The highest BCUT2D eigenvalue weighted by atomic mass is 16.5. The lowest BCUT2D eigenvalue weighted by atomic mass is 9.92. The van der Waals surface area contributed by atoms with Crippen LogP contribution in [0, 0.1) is 11.8 Å². The first-order chi connectivity index (χ1) is 9.58. The molecule has 3 unspecified atom stereocenters. The van der Waals surface area contributed by atoms with Crippen molar-refractivity contribution in [3.8, 4) is 0 Å². The molecule has 2 fully saturated rings. The zero-order valence-corrected chi connectivity index (χ0v) is 13.6. The van der Waals surface area contributed by atoms with Crippen molar-refractivity contribution in [1.29, 1.82) is 0 Å². The fourth-order valence-corrected chi connectivity index (χ4v) is 3.62. The van der Waals surface area contributed by atoms with Gasteiger partial charge in [0.05, 0.1) is 12.7 Å². The van der Waals surface area contributed by atoms with E-state index in [0.717, 1.165) is 44.6 Å². The molecule has 2 rings (SSSR count). The van der Waals surface area contributed by atoms with Gasteiger partial charge in [-0.15, -0.1) is 0 Å². The summed E-state index contributed by atoms with van der Waals surface area (Å²) < 4.78 is 5.99. The van der Waals surface area contributed by atoms with Gasteiger partial charge >= 0.3 is 0 Å². The predicted octanol–water partition coefficient (Wildman–Crippen LogP) is 1.40. The molecule has 4 nitrogen and oxygen atoms in total. The lowest BCUT2D eigenvalue weighted by molar-refractivity contribution is -0.0559. The second-order valence-electron chi connectivity index (χ2n) is 7.16. The van der Waals surface area contributed by atoms with E-state index < -0.39 is 0 Å². The third kappa shape index (κ3) is 4.69. The molecular weight excluding hydrogens is 250 g/mol. The summed E-state index contributed by atoms with van der Waals surface area (Å²) in [4.78, 5) is 5.13. The monoisotopic (exact) mass is 283 g/mol. The fraction of sp³-hybridized carbons (Fsp3) is 1.00. The van der Waals surface area contributed by atoms with E-state index in [4.69, 9.17) is 10.5 Å². The Balaban J connectivity index is 1.82. The van der Waals surface area contributed by atoms with Gasteiger partial charge in [0.15, 0.2) is 0 Å². The van der Waals surface area contributed by atoms with Crippen LogP contribution in [0.3, 0.4) is 0 Å². The van der Waals surface area contributed by atoms with E-state index >= 15 is 0 Å². The van der Waals surface area contributed by atoms with Crippen molar-refractivity contribution in [3.63, 3.8) is 0 Å². The highest BCUT2D eigenvalue weighted by Gasteiger charge is 2.29. The van der Waals surface area contributed by atoms with E-state index in [0.29, 0.717) is 12.1 Å². The molecule has 4 heteroatoms. The Morgan fingerprint density at radius 2 is 2.10 bits per heavy atom. The van der Waals surface area contributed by atoms with E-state index in [9.17, 15) is 0 Å². The summed E-state index contributed by atoms with van der Waals surface area (Å²) in [5.74, 6) is 1.56. The quantitative estimate of drug-likeness (QED) is 0.828. The van der Waals surface area contributed by atoms with Gasteiger partial charge in [-0.1, -0.05) is 20.8 Å². The Morgan fingerprint density at radius 3 is 2.80 bits per heavy atom. The molecule has 0 bridgehead atoms. The largest absolute Gasteiger partial charge is 0.374 e.